The van der Waals surface area contributed by atoms with Crippen molar-refractivity contribution in [3.63, 3.8) is 0 Å². The molecule has 2 aromatic rings. The number of aromatic hydroxyl groups is 1. The zero-order valence-electron chi connectivity index (χ0n) is 6.16. The highest BCUT2D eigenvalue weighted by Gasteiger charge is 1.79. The van der Waals surface area contributed by atoms with Crippen LogP contribution in [0.4, 0.5) is 0 Å². The molecular weight excluding hydrogens is 174 g/mol. The van der Waals surface area contributed by atoms with Crippen LogP contribution in [-0.2, 0) is 0 Å². The van der Waals surface area contributed by atoms with Crippen molar-refractivity contribution in [2.45, 2.75) is 0 Å². The van der Waals surface area contributed by atoms with E-state index >= 15 is 0 Å². The summed E-state index contributed by atoms with van der Waals surface area (Å²) in [5, 5.41) is 9.94. The molecule has 0 unspecified atom stereocenters. The molecule has 12 heavy (non-hydrogen) atoms. The Morgan fingerprint density at radius 1 is 1.25 bits per heavy atom. The maximum Gasteiger partial charge on any atom is 0.221 e. The van der Waals surface area contributed by atoms with Gasteiger partial charge in [0.25, 0.3) is 0 Å². The van der Waals surface area contributed by atoms with Crippen molar-refractivity contribution in [3.8, 4) is 5.88 Å². The highest BCUT2D eigenvalue weighted by Crippen LogP contribution is 2.04. The topological polar surface area (TPSA) is 58.9 Å². The first-order valence-corrected chi connectivity index (χ1v) is 4.11. The van der Waals surface area contributed by atoms with Crippen LogP contribution in [0.25, 0.3) is 0 Å². The highest BCUT2D eigenvalue weighted by molar-refractivity contribution is 7.07. The number of hydrogen-bond donors (Lipinski definition) is 1. The monoisotopic (exact) mass is 181 g/mol. The van der Waals surface area contributed by atoms with E-state index in [1.807, 2.05) is 0 Å². The molecular formula is C7H7N3OS. The van der Waals surface area contributed by atoms with E-state index in [1.165, 1.54) is 17.7 Å². The molecule has 2 rings (SSSR count). The zero-order chi connectivity index (χ0) is 8.65. The second kappa shape index (κ2) is 5.20. The molecule has 2 aromatic heterocycles. The molecule has 2 heterocycles. The van der Waals surface area contributed by atoms with Crippen LogP contribution in [0.15, 0.2) is 35.7 Å². The predicted octanol–water partition coefficient (Wildman–Crippen LogP) is 1.33. The van der Waals surface area contributed by atoms with Gasteiger partial charge in [-0.1, -0.05) is 0 Å². The quantitative estimate of drug-likeness (QED) is 0.666. The van der Waals surface area contributed by atoms with E-state index in [-0.39, 0.29) is 5.88 Å². The van der Waals surface area contributed by atoms with Gasteiger partial charge >= 0.3 is 0 Å². The number of hydrogen-bond acceptors (Lipinski definition) is 5. The number of thiazole rings is 1. The summed E-state index contributed by atoms with van der Waals surface area (Å²) in [6.07, 6.45) is 4.88. The average molecular weight is 181 g/mol. The molecule has 0 radical (unpaired) electrons. The molecule has 0 aliphatic carbocycles. The van der Waals surface area contributed by atoms with E-state index in [2.05, 4.69) is 15.0 Å². The molecule has 5 heteroatoms. The molecule has 0 spiro atoms. The second-order valence-corrected chi connectivity index (χ2v) is 2.47. The fourth-order valence-corrected chi connectivity index (χ4v) is 0.872. The lowest BCUT2D eigenvalue weighted by molar-refractivity contribution is 0.457. The minimum absolute atomic E-state index is 0.111. The van der Waals surface area contributed by atoms with Gasteiger partial charge in [-0.2, -0.15) is 0 Å². The van der Waals surface area contributed by atoms with Crippen molar-refractivity contribution in [2.24, 2.45) is 0 Å². The molecule has 4 nitrogen and oxygen atoms in total. The van der Waals surface area contributed by atoms with Gasteiger partial charge in [0.1, 0.15) is 6.33 Å². The van der Waals surface area contributed by atoms with Crippen LogP contribution in [0.3, 0.4) is 0 Å². The number of rotatable bonds is 0. The Kier molecular flexibility index (Phi) is 3.73. The fourth-order valence-electron chi connectivity index (χ4n) is 0.459. The van der Waals surface area contributed by atoms with Crippen molar-refractivity contribution in [1.29, 1.82) is 0 Å². The summed E-state index contributed by atoms with van der Waals surface area (Å²) in [5.74, 6) is 0.111. The van der Waals surface area contributed by atoms with Crippen LogP contribution >= 0.6 is 11.3 Å². The van der Waals surface area contributed by atoms with Crippen molar-refractivity contribution >= 4 is 11.3 Å². The number of aromatic nitrogens is 3. The third kappa shape index (κ3) is 3.62. The lowest BCUT2D eigenvalue weighted by atomic mass is 10.7. The molecule has 0 aromatic carbocycles. The standard InChI is InChI=1S/C4H4N2.C3H3NOS/c1-2-5-4-6-3-1;5-3-1-6-2-4-3/h1-4H;1-2,5H. The Labute approximate surface area is 73.6 Å². The maximum absolute atomic E-state index is 8.37. The highest BCUT2D eigenvalue weighted by atomic mass is 32.1. The van der Waals surface area contributed by atoms with Crippen molar-refractivity contribution in [1.82, 2.24) is 15.0 Å². The van der Waals surface area contributed by atoms with E-state index < -0.39 is 0 Å². The van der Waals surface area contributed by atoms with Crippen molar-refractivity contribution < 1.29 is 5.11 Å². The summed E-state index contributed by atoms with van der Waals surface area (Å²) >= 11 is 1.38. The molecule has 1 N–H and O–H groups in total. The van der Waals surface area contributed by atoms with E-state index in [0.717, 1.165) is 0 Å². The first-order valence-electron chi connectivity index (χ1n) is 3.16. The molecule has 0 amide bonds. The van der Waals surface area contributed by atoms with Crippen LogP contribution in [0.1, 0.15) is 0 Å². The Balaban J connectivity index is 0.000000120. The summed E-state index contributed by atoms with van der Waals surface area (Å²) in [6.45, 7) is 0. The predicted molar refractivity (Wildman–Crippen MR) is 45.8 cm³/mol. The Morgan fingerprint density at radius 3 is 2.17 bits per heavy atom. The molecule has 0 saturated carbocycles. The summed E-state index contributed by atoms with van der Waals surface area (Å²) in [7, 11) is 0. The minimum Gasteiger partial charge on any atom is -0.493 e. The lowest BCUT2D eigenvalue weighted by Gasteiger charge is -1.70. The Bertz CT molecular complexity index is 258. The first-order chi connectivity index (χ1) is 5.89. The van der Waals surface area contributed by atoms with Gasteiger partial charge in [-0.15, -0.1) is 11.3 Å². The second-order valence-electron chi connectivity index (χ2n) is 1.75. The summed E-state index contributed by atoms with van der Waals surface area (Å²) in [4.78, 5) is 10.8. The van der Waals surface area contributed by atoms with E-state index in [1.54, 1.807) is 29.4 Å². The van der Waals surface area contributed by atoms with Gasteiger partial charge in [-0.05, 0) is 6.07 Å². The smallest absolute Gasteiger partial charge is 0.221 e. The summed E-state index contributed by atoms with van der Waals surface area (Å²) in [6, 6.07) is 1.78. The maximum atomic E-state index is 8.37. The Hall–Kier alpha value is -1.49. The molecule has 0 aliphatic rings. The van der Waals surface area contributed by atoms with E-state index in [0.29, 0.717) is 0 Å². The van der Waals surface area contributed by atoms with Crippen LogP contribution in [0.5, 0.6) is 5.88 Å². The van der Waals surface area contributed by atoms with E-state index in [4.69, 9.17) is 5.11 Å². The van der Waals surface area contributed by atoms with Crippen LogP contribution < -0.4 is 0 Å². The molecule has 0 saturated heterocycles. The van der Waals surface area contributed by atoms with Gasteiger partial charge in [-0.25, -0.2) is 15.0 Å². The van der Waals surface area contributed by atoms with Gasteiger partial charge in [0.2, 0.25) is 5.88 Å². The van der Waals surface area contributed by atoms with Gasteiger partial charge in [0, 0.05) is 12.4 Å². The summed E-state index contributed by atoms with van der Waals surface area (Å²) < 4.78 is 0. The number of nitrogens with zero attached hydrogens (tertiary/aromatic N) is 3. The fraction of sp³-hybridized carbons (Fsp3) is 0. The SMILES string of the molecule is Oc1cscn1.c1cncnc1. The first kappa shape index (κ1) is 8.61. The van der Waals surface area contributed by atoms with Crippen LogP contribution in [0, 0.1) is 0 Å². The van der Waals surface area contributed by atoms with Gasteiger partial charge < -0.3 is 5.11 Å². The largest absolute Gasteiger partial charge is 0.493 e. The van der Waals surface area contributed by atoms with E-state index in [9.17, 15) is 0 Å². The zero-order valence-corrected chi connectivity index (χ0v) is 6.98. The minimum atomic E-state index is 0.111. The normalized spacial score (nSPS) is 8.33. The van der Waals surface area contributed by atoms with Crippen molar-refractivity contribution in [3.05, 3.63) is 35.7 Å². The van der Waals surface area contributed by atoms with Crippen molar-refractivity contribution in [2.75, 3.05) is 0 Å². The molecule has 0 bridgehead atoms. The van der Waals surface area contributed by atoms with Crippen LogP contribution in [-0.4, -0.2) is 20.1 Å². The Morgan fingerprint density at radius 2 is 2.00 bits per heavy atom. The molecule has 0 aliphatic heterocycles. The third-order valence-electron chi connectivity index (χ3n) is 0.897. The molecule has 62 valence electrons. The van der Waals surface area contributed by atoms with Crippen LogP contribution in [0.2, 0.25) is 0 Å². The molecule has 0 fully saturated rings. The molecule has 0 atom stereocenters. The van der Waals surface area contributed by atoms with Gasteiger partial charge in [-0.3, -0.25) is 0 Å². The lowest BCUT2D eigenvalue weighted by Crippen LogP contribution is -1.66. The average Bonchev–Trinajstić information content (AvgIpc) is 2.60. The third-order valence-corrected chi connectivity index (χ3v) is 1.47. The van der Waals surface area contributed by atoms with Gasteiger partial charge in [0.15, 0.2) is 0 Å². The summed E-state index contributed by atoms with van der Waals surface area (Å²) in [5.41, 5.74) is 1.58. The van der Waals surface area contributed by atoms with Gasteiger partial charge in [0.05, 0.1) is 10.9 Å².